The van der Waals surface area contributed by atoms with Gasteiger partial charge in [-0.3, -0.25) is 14.4 Å². The molecule has 0 atom stereocenters. The highest BCUT2D eigenvalue weighted by molar-refractivity contribution is 9.10. The van der Waals surface area contributed by atoms with E-state index in [2.05, 4.69) is 31.5 Å². The second-order valence-corrected chi connectivity index (χ2v) is 9.47. The fourth-order valence-electron chi connectivity index (χ4n) is 4.18. The van der Waals surface area contributed by atoms with Gasteiger partial charge in [0.25, 0.3) is 11.8 Å². The van der Waals surface area contributed by atoms with Crippen molar-refractivity contribution in [2.75, 3.05) is 44.6 Å². The second-order valence-electron chi connectivity index (χ2n) is 8.25. The molecule has 2 fully saturated rings. The molecule has 176 valence electrons. The number of carbonyl (C=O) groups is 3. The number of carbonyl (C=O) groups excluding carboxylic acids is 3. The molecule has 11 heteroatoms. The first kappa shape index (κ1) is 23.7. The average Bonchev–Trinajstić information content (AvgIpc) is 3.17. The standard InChI is InChI=1S/C22H26BrClN6O3/c1-28-18(23)13-26-19(28)20(31)27-15-2-3-16(17(24)12-15)22(33)30-10-8-29(9-11-30)21(32)14-4-6-25-7-5-14/h2-3,12-14,25H,4-11H2,1H3,(H,27,31). The smallest absolute Gasteiger partial charge is 0.291 e. The van der Waals surface area contributed by atoms with E-state index in [1.165, 1.54) is 0 Å². The molecule has 0 bridgehead atoms. The van der Waals surface area contributed by atoms with Gasteiger partial charge in [-0.2, -0.15) is 0 Å². The van der Waals surface area contributed by atoms with Crippen molar-refractivity contribution in [1.29, 1.82) is 0 Å². The Balaban J connectivity index is 1.35. The van der Waals surface area contributed by atoms with E-state index in [0.717, 1.165) is 25.9 Å². The van der Waals surface area contributed by atoms with Crippen LogP contribution in [0.4, 0.5) is 5.69 Å². The third-order valence-electron chi connectivity index (χ3n) is 6.16. The molecule has 2 N–H and O–H groups in total. The highest BCUT2D eigenvalue weighted by atomic mass is 79.9. The van der Waals surface area contributed by atoms with Crippen molar-refractivity contribution in [3.8, 4) is 0 Å². The number of halogens is 2. The number of nitrogens with one attached hydrogen (secondary N) is 2. The number of nitrogens with zero attached hydrogens (tertiary/aromatic N) is 4. The van der Waals surface area contributed by atoms with Gasteiger partial charge in [-0.15, -0.1) is 0 Å². The summed E-state index contributed by atoms with van der Waals surface area (Å²) < 4.78 is 2.30. The van der Waals surface area contributed by atoms with Crippen LogP contribution in [0.5, 0.6) is 0 Å². The maximum atomic E-state index is 13.0. The molecule has 2 aromatic rings. The molecule has 33 heavy (non-hydrogen) atoms. The third kappa shape index (κ3) is 5.23. The molecular formula is C22H26BrClN6O3. The van der Waals surface area contributed by atoms with E-state index in [4.69, 9.17) is 11.6 Å². The monoisotopic (exact) mass is 536 g/mol. The molecule has 2 saturated heterocycles. The molecule has 1 aromatic heterocycles. The van der Waals surface area contributed by atoms with Crippen LogP contribution in [0.3, 0.4) is 0 Å². The van der Waals surface area contributed by atoms with Crippen LogP contribution < -0.4 is 10.6 Å². The summed E-state index contributed by atoms with van der Waals surface area (Å²) in [5, 5.41) is 6.28. The first-order valence-corrected chi connectivity index (χ1v) is 12.1. The van der Waals surface area contributed by atoms with E-state index >= 15 is 0 Å². The number of imidazole rings is 1. The summed E-state index contributed by atoms with van der Waals surface area (Å²) in [7, 11) is 1.72. The Hall–Kier alpha value is -2.43. The molecule has 0 aliphatic carbocycles. The van der Waals surface area contributed by atoms with Crippen molar-refractivity contribution < 1.29 is 14.4 Å². The van der Waals surface area contributed by atoms with Gasteiger partial charge in [0.2, 0.25) is 5.91 Å². The van der Waals surface area contributed by atoms with E-state index in [-0.39, 0.29) is 34.5 Å². The summed E-state index contributed by atoms with van der Waals surface area (Å²) in [5.74, 6) is -0.0399. The molecule has 2 aliphatic heterocycles. The number of benzene rings is 1. The lowest BCUT2D eigenvalue weighted by molar-refractivity contribution is -0.137. The maximum absolute atomic E-state index is 13.0. The van der Waals surface area contributed by atoms with Crippen molar-refractivity contribution in [2.24, 2.45) is 13.0 Å². The Morgan fingerprint density at radius 3 is 2.39 bits per heavy atom. The number of hydrogen-bond donors (Lipinski definition) is 2. The minimum atomic E-state index is -0.382. The topological polar surface area (TPSA) is 99.6 Å². The maximum Gasteiger partial charge on any atom is 0.291 e. The van der Waals surface area contributed by atoms with Crippen molar-refractivity contribution >= 4 is 50.9 Å². The normalized spacial score (nSPS) is 17.2. The van der Waals surface area contributed by atoms with Crippen molar-refractivity contribution in [3.63, 3.8) is 0 Å². The van der Waals surface area contributed by atoms with Crippen LogP contribution in [0.25, 0.3) is 0 Å². The summed E-state index contributed by atoms with van der Waals surface area (Å²) in [6.07, 6.45) is 3.28. The van der Waals surface area contributed by atoms with E-state index < -0.39 is 0 Å². The number of amides is 3. The van der Waals surface area contributed by atoms with Crippen LogP contribution in [-0.2, 0) is 11.8 Å². The van der Waals surface area contributed by atoms with Crippen LogP contribution >= 0.6 is 27.5 Å². The van der Waals surface area contributed by atoms with E-state index in [1.54, 1.807) is 40.9 Å². The Morgan fingerprint density at radius 2 is 1.79 bits per heavy atom. The third-order valence-corrected chi connectivity index (χ3v) is 7.21. The summed E-state index contributed by atoms with van der Waals surface area (Å²) in [6.45, 7) is 3.75. The number of aromatic nitrogens is 2. The van der Waals surface area contributed by atoms with E-state index in [0.29, 0.717) is 42.0 Å². The van der Waals surface area contributed by atoms with Gasteiger partial charge >= 0.3 is 0 Å². The molecular weight excluding hydrogens is 512 g/mol. The zero-order valence-electron chi connectivity index (χ0n) is 18.3. The van der Waals surface area contributed by atoms with Gasteiger partial charge in [0.15, 0.2) is 5.82 Å². The van der Waals surface area contributed by atoms with Gasteiger partial charge < -0.3 is 25.0 Å². The van der Waals surface area contributed by atoms with Crippen LogP contribution in [0.15, 0.2) is 29.0 Å². The molecule has 1 aromatic carbocycles. The number of anilines is 1. The molecule has 0 spiro atoms. The lowest BCUT2D eigenvalue weighted by Gasteiger charge is -2.37. The van der Waals surface area contributed by atoms with Crippen molar-refractivity contribution in [2.45, 2.75) is 12.8 Å². The predicted octanol–water partition coefficient (Wildman–Crippen LogP) is 2.37. The minimum Gasteiger partial charge on any atom is -0.339 e. The highest BCUT2D eigenvalue weighted by Crippen LogP contribution is 2.24. The van der Waals surface area contributed by atoms with Gasteiger partial charge in [-0.25, -0.2) is 4.98 Å². The van der Waals surface area contributed by atoms with Crippen molar-refractivity contribution in [3.05, 3.63) is 45.4 Å². The molecule has 0 unspecified atom stereocenters. The number of hydrogen-bond acceptors (Lipinski definition) is 5. The second kappa shape index (κ2) is 10.2. The zero-order chi connectivity index (χ0) is 23.5. The molecule has 3 heterocycles. The van der Waals surface area contributed by atoms with Crippen LogP contribution in [0.1, 0.15) is 33.8 Å². The van der Waals surface area contributed by atoms with Gasteiger partial charge in [0.05, 0.1) is 16.8 Å². The quantitative estimate of drug-likeness (QED) is 0.624. The molecule has 0 saturated carbocycles. The number of piperazine rings is 1. The zero-order valence-corrected chi connectivity index (χ0v) is 20.7. The Kier molecular flexibility index (Phi) is 7.35. The van der Waals surface area contributed by atoms with Gasteiger partial charge in [0, 0.05) is 44.8 Å². The molecule has 2 aliphatic rings. The largest absolute Gasteiger partial charge is 0.339 e. The Bertz CT molecular complexity index is 1060. The fraction of sp³-hybridized carbons (Fsp3) is 0.455. The van der Waals surface area contributed by atoms with Crippen LogP contribution in [0, 0.1) is 5.92 Å². The predicted molar refractivity (Wildman–Crippen MR) is 128 cm³/mol. The minimum absolute atomic E-state index is 0.0811. The lowest BCUT2D eigenvalue weighted by Crippen LogP contribution is -2.52. The summed E-state index contributed by atoms with van der Waals surface area (Å²) in [6, 6.07) is 4.81. The number of rotatable bonds is 4. The van der Waals surface area contributed by atoms with Gasteiger partial charge in [-0.1, -0.05) is 11.6 Å². The highest BCUT2D eigenvalue weighted by Gasteiger charge is 2.30. The Labute approximate surface area is 205 Å². The molecule has 9 nitrogen and oxygen atoms in total. The van der Waals surface area contributed by atoms with Crippen LogP contribution in [-0.4, -0.2) is 76.3 Å². The first-order chi connectivity index (χ1) is 15.8. The van der Waals surface area contributed by atoms with Gasteiger partial charge in [0.1, 0.15) is 4.60 Å². The molecule has 4 rings (SSSR count). The molecule has 0 radical (unpaired) electrons. The van der Waals surface area contributed by atoms with E-state index in [9.17, 15) is 14.4 Å². The fourth-order valence-corrected chi connectivity index (χ4v) is 4.71. The average molecular weight is 538 g/mol. The number of piperidine rings is 1. The first-order valence-electron chi connectivity index (χ1n) is 10.9. The summed E-state index contributed by atoms with van der Waals surface area (Å²) >= 11 is 9.70. The SMILES string of the molecule is Cn1c(Br)cnc1C(=O)Nc1ccc(C(=O)N2CCN(C(=O)C3CCNCC3)CC2)c(Cl)c1. The Morgan fingerprint density at radius 1 is 1.12 bits per heavy atom. The lowest BCUT2D eigenvalue weighted by atomic mass is 9.96. The summed E-state index contributed by atoms with van der Waals surface area (Å²) in [4.78, 5) is 45.9. The summed E-state index contributed by atoms with van der Waals surface area (Å²) in [5.41, 5.74) is 0.839. The molecule has 3 amide bonds. The van der Waals surface area contributed by atoms with Crippen molar-refractivity contribution in [1.82, 2.24) is 24.7 Å². The van der Waals surface area contributed by atoms with Crippen LogP contribution in [0.2, 0.25) is 5.02 Å². The van der Waals surface area contributed by atoms with E-state index in [1.807, 2.05) is 4.90 Å². The van der Waals surface area contributed by atoms with Gasteiger partial charge in [-0.05, 0) is 60.1 Å².